The first-order valence-corrected chi connectivity index (χ1v) is 6.79. The van der Waals surface area contributed by atoms with Crippen molar-refractivity contribution in [3.63, 3.8) is 0 Å². The van der Waals surface area contributed by atoms with E-state index in [1.165, 1.54) is 6.07 Å². The van der Waals surface area contributed by atoms with Crippen LogP contribution in [0.2, 0.25) is 0 Å². The number of nitrogens with two attached hydrogens (primary N) is 1. The molecule has 0 aliphatic carbocycles. The van der Waals surface area contributed by atoms with E-state index in [9.17, 15) is 4.39 Å². The Bertz CT molecular complexity index is 572. The number of rotatable bonds is 4. The molecular weight excluding hydrogens is 309 g/mol. The maximum Gasteiger partial charge on any atom is 0.137 e. The van der Waals surface area contributed by atoms with Crippen molar-refractivity contribution in [1.29, 1.82) is 0 Å². The Balaban J connectivity index is 2.17. The SMILES string of the molecule is C[C@H](N)c1ccccc1OCc1cccc(F)c1Br. The lowest BCUT2D eigenvalue weighted by Crippen LogP contribution is -2.08. The van der Waals surface area contributed by atoms with E-state index < -0.39 is 0 Å². The predicted octanol–water partition coefficient (Wildman–Crippen LogP) is 4.19. The van der Waals surface area contributed by atoms with Crippen molar-refractivity contribution in [2.75, 3.05) is 0 Å². The minimum absolute atomic E-state index is 0.104. The van der Waals surface area contributed by atoms with Gasteiger partial charge in [-0.25, -0.2) is 4.39 Å². The lowest BCUT2D eigenvalue weighted by molar-refractivity contribution is 0.300. The van der Waals surface area contributed by atoms with Crippen molar-refractivity contribution < 1.29 is 9.13 Å². The largest absolute Gasteiger partial charge is 0.489 e. The highest BCUT2D eigenvalue weighted by atomic mass is 79.9. The number of ether oxygens (including phenoxy) is 1. The summed E-state index contributed by atoms with van der Waals surface area (Å²) in [4.78, 5) is 0. The molecule has 2 N–H and O–H groups in total. The van der Waals surface area contributed by atoms with Crippen molar-refractivity contribution in [2.45, 2.75) is 19.6 Å². The average molecular weight is 324 g/mol. The second kappa shape index (κ2) is 6.17. The molecule has 0 aliphatic heterocycles. The van der Waals surface area contributed by atoms with Gasteiger partial charge in [0, 0.05) is 17.2 Å². The van der Waals surface area contributed by atoms with Gasteiger partial charge in [-0.2, -0.15) is 0 Å². The molecule has 0 saturated heterocycles. The van der Waals surface area contributed by atoms with Gasteiger partial charge in [-0.3, -0.25) is 0 Å². The van der Waals surface area contributed by atoms with Crippen molar-refractivity contribution in [1.82, 2.24) is 0 Å². The monoisotopic (exact) mass is 323 g/mol. The van der Waals surface area contributed by atoms with Gasteiger partial charge in [-0.15, -0.1) is 0 Å². The predicted molar refractivity (Wildman–Crippen MR) is 77.5 cm³/mol. The molecule has 2 aromatic rings. The molecule has 0 aliphatic rings. The summed E-state index contributed by atoms with van der Waals surface area (Å²) in [5, 5.41) is 0. The van der Waals surface area contributed by atoms with Crippen LogP contribution < -0.4 is 10.5 Å². The summed E-state index contributed by atoms with van der Waals surface area (Å²) in [6, 6.07) is 12.4. The fourth-order valence-electron chi connectivity index (χ4n) is 1.80. The van der Waals surface area contributed by atoms with E-state index in [1.54, 1.807) is 6.07 Å². The molecule has 19 heavy (non-hydrogen) atoms. The third kappa shape index (κ3) is 3.33. The standard InChI is InChI=1S/C15H15BrFNO/c1-10(18)12-6-2-3-8-14(12)19-9-11-5-4-7-13(17)15(11)16/h2-8,10H,9,18H2,1H3/t10-/m0/s1. The summed E-state index contributed by atoms with van der Waals surface area (Å²) in [6.07, 6.45) is 0. The van der Waals surface area contributed by atoms with E-state index >= 15 is 0 Å². The molecule has 0 saturated carbocycles. The smallest absolute Gasteiger partial charge is 0.137 e. The molecule has 100 valence electrons. The third-order valence-electron chi connectivity index (χ3n) is 2.82. The van der Waals surface area contributed by atoms with E-state index in [0.29, 0.717) is 11.1 Å². The average Bonchev–Trinajstić information content (AvgIpc) is 2.40. The second-order valence-corrected chi connectivity index (χ2v) is 5.12. The van der Waals surface area contributed by atoms with Crippen molar-refractivity contribution in [2.24, 2.45) is 5.73 Å². The highest BCUT2D eigenvalue weighted by Crippen LogP contribution is 2.26. The maximum absolute atomic E-state index is 13.4. The molecule has 2 nitrogen and oxygen atoms in total. The van der Waals surface area contributed by atoms with Crippen LogP contribution in [0.5, 0.6) is 5.75 Å². The second-order valence-electron chi connectivity index (χ2n) is 4.33. The minimum Gasteiger partial charge on any atom is -0.489 e. The van der Waals surface area contributed by atoms with Crippen LogP contribution >= 0.6 is 15.9 Å². The zero-order chi connectivity index (χ0) is 13.8. The van der Waals surface area contributed by atoms with Gasteiger partial charge >= 0.3 is 0 Å². The molecule has 2 aromatic carbocycles. The van der Waals surface area contributed by atoms with Crippen LogP contribution in [0.1, 0.15) is 24.1 Å². The topological polar surface area (TPSA) is 35.2 Å². The highest BCUT2D eigenvalue weighted by Gasteiger charge is 2.09. The zero-order valence-corrected chi connectivity index (χ0v) is 12.2. The molecule has 0 spiro atoms. The molecular formula is C15H15BrFNO. The Morgan fingerprint density at radius 1 is 1.21 bits per heavy atom. The van der Waals surface area contributed by atoms with Crippen LogP contribution in [0.25, 0.3) is 0 Å². The van der Waals surface area contributed by atoms with Crippen LogP contribution in [0.3, 0.4) is 0 Å². The lowest BCUT2D eigenvalue weighted by Gasteiger charge is -2.14. The van der Waals surface area contributed by atoms with E-state index in [2.05, 4.69) is 15.9 Å². The van der Waals surface area contributed by atoms with Gasteiger partial charge in [0.1, 0.15) is 18.2 Å². The first kappa shape index (κ1) is 14.0. The molecule has 1 atom stereocenters. The highest BCUT2D eigenvalue weighted by molar-refractivity contribution is 9.10. The quantitative estimate of drug-likeness (QED) is 0.915. The Hall–Kier alpha value is -1.39. The number of benzene rings is 2. The summed E-state index contributed by atoms with van der Waals surface area (Å²) in [5.41, 5.74) is 7.59. The Kier molecular flexibility index (Phi) is 4.56. The zero-order valence-electron chi connectivity index (χ0n) is 10.6. The van der Waals surface area contributed by atoms with Crippen LogP contribution in [0, 0.1) is 5.82 Å². The fourth-order valence-corrected chi connectivity index (χ4v) is 2.18. The Labute approximate surface area is 120 Å². The van der Waals surface area contributed by atoms with Gasteiger partial charge in [-0.1, -0.05) is 30.3 Å². The van der Waals surface area contributed by atoms with Crippen LogP contribution in [0.4, 0.5) is 4.39 Å². The van der Waals surface area contributed by atoms with Gasteiger partial charge in [0.05, 0.1) is 4.47 Å². The van der Waals surface area contributed by atoms with Gasteiger partial charge in [0.2, 0.25) is 0 Å². The van der Waals surface area contributed by atoms with E-state index in [0.717, 1.165) is 16.9 Å². The molecule has 0 bridgehead atoms. The van der Waals surface area contributed by atoms with Crippen LogP contribution in [-0.2, 0) is 6.61 Å². The minimum atomic E-state index is -0.290. The lowest BCUT2D eigenvalue weighted by atomic mass is 10.1. The molecule has 0 fully saturated rings. The summed E-state index contributed by atoms with van der Waals surface area (Å²) in [6.45, 7) is 2.20. The Morgan fingerprint density at radius 3 is 2.68 bits per heavy atom. The Morgan fingerprint density at radius 2 is 1.95 bits per heavy atom. The molecule has 0 aromatic heterocycles. The van der Waals surface area contributed by atoms with Crippen molar-refractivity contribution in [3.05, 3.63) is 63.9 Å². The number of halogens is 2. The summed E-state index contributed by atoms with van der Waals surface area (Å²) < 4.78 is 19.6. The van der Waals surface area contributed by atoms with Gasteiger partial charge in [0.15, 0.2) is 0 Å². The fraction of sp³-hybridized carbons (Fsp3) is 0.200. The summed E-state index contributed by atoms with van der Waals surface area (Å²) in [7, 11) is 0. The molecule has 0 heterocycles. The van der Waals surface area contributed by atoms with E-state index in [-0.39, 0.29) is 11.9 Å². The van der Waals surface area contributed by atoms with E-state index in [4.69, 9.17) is 10.5 Å². The van der Waals surface area contributed by atoms with Gasteiger partial charge < -0.3 is 10.5 Å². The maximum atomic E-state index is 13.4. The molecule has 0 radical (unpaired) electrons. The first-order chi connectivity index (χ1) is 9.09. The molecule has 0 unspecified atom stereocenters. The number of hydrogen-bond donors (Lipinski definition) is 1. The molecule has 0 amide bonds. The number of hydrogen-bond acceptors (Lipinski definition) is 2. The first-order valence-electron chi connectivity index (χ1n) is 6.00. The van der Waals surface area contributed by atoms with Crippen molar-refractivity contribution >= 4 is 15.9 Å². The van der Waals surface area contributed by atoms with E-state index in [1.807, 2.05) is 37.3 Å². The molecule has 2 rings (SSSR count). The number of para-hydroxylation sites is 1. The van der Waals surface area contributed by atoms with Gasteiger partial charge in [0.25, 0.3) is 0 Å². The normalized spacial score (nSPS) is 12.2. The molecule has 4 heteroatoms. The summed E-state index contributed by atoms with van der Waals surface area (Å²) in [5.74, 6) is 0.440. The third-order valence-corrected chi connectivity index (χ3v) is 3.71. The van der Waals surface area contributed by atoms with Crippen LogP contribution in [-0.4, -0.2) is 0 Å². The summed E-state index contributed by atoms with van der Waals surface area (Å²) >= 11 is 3.22. The van der Waals surface area contributed by atoms with Gasteiger partial charge in [-0.05, 0) is 35.0 Å². The van der Waals surface area contributed by atoms with Crippen LogP contribution in [0.15, 0.2) is 46.9 Å². The van der Waals surface area contributed by atoms with Crippen molar-refractivity contribution in [3.8, 4) is 5.75 Å².